The van der Waals surface area contributed by atoms with Gasteiger partial charge in [-0.15, -0.1) is 0 Å². The molecule has 122 valence electrons. The standard InChI is InChI=1S/C21H21NO2/c1-14(2)16-6-8-18(9-7-16)22-21(23)11-10-19-13-17-5-4-15(3)12-20(17)24-19/h4-14H,1-3H3,(H,22,23)/b11-10+. The molecule has 3 heteroatoms. The smallest absolute Gasteiger partial charge is 0.248 e. The van der Waals surface area contributed by atoms with Crippen molar-refractivity contribution < 1.29 is 9.21 Å². The van der Waals surface area contributed by atoms with Crippen molar-refractivity contribution in [2.75, 3.05) is 5.32 Å². The topological polar surface area (TPSA) is 42.2 Å². The van der Waals surface area contributed by atoms with Crippen LogP contribution in [0.25, 0.3) is 17.0 Å². The number of furan rings is 1. The maximum Gasteiger partial charge on any atom is 0.248 e. The summed E-state index contributed by atoms with van der Waals surface area (Å²) in [5.74, 6) is 0.969. The second-order valence-electron chi connectivity index (χ2n) is 6.29. The fourth-order valence-electron chi connectivity index (χ4n) is 2.53. The summed E-state index contributed by atoms with van der Waals surface area (Å²) >= 11 is 0. The number of hydrogen-bond donors (Lipinski definition) is 1. The van der Waals surface area contributed by atoms with Crippen molar-refractivity contribution in [1.29, 1.82) is 0 Å². The highest BCUT2D eigenvalue weighted by atomic mass is 16.3. The van der Waals surface area contributed by atoms with Gasteiger partial charge < -0.3 is 9.73 Å². The molecule has 0 saturated carbocycles. The summed E-state index contributed by atoms with van der Waals surface area (Å²) < 4.78 is 5.72. The van der Waals surface area contributed by atoms with E-state index in [1.807, 2.05) is 55.5 Å². The third-order valence-electron chi connectivity index (χ3n) is 3.94. The van der Waals surface area contributed by atoms with E-state index in [1.54, 1.807) is 6.08 Å². The number of benzene rings is 2. The van der Waals surface area contributed by atoms with Gasteiger partial charge in [0, 0.05) is 17.1 Å². The normalized spacial score (nSPS) is 11.5. The minimum atomic E-state index is -0.177. The van der Waals surface area contributed by atoms with Crippen LogP contribution in [0.5, 0.6) is 0 Å². The van der Waals surface area contributed by atoms with Crippen molar-refractivity contribution >= 4 is 28.6 Å². The first-order valence-corrected chi connectivity index (χ1v) is 8.10. The van der Waals surface area contributed by atoms with E-state index in [-0.39, 0.29) is 5.91 Å². The molecule has 0 radical (unpaired) electrons. The first-order valence-electron chi connectivity index (χ1n) is 8.10. The molecule has 0 aliphatic carbocycles. The van der Waals surface area contributed by atoms with Gasteiger partial charge in [0.25, 0.3) is 0 Å². The van der Waals surface area contributed by atoms with Crippen molar-refractivity contribution in [2.45, 2.75) is 26.7 Å². The highest BCUT2D eigenvalue weighted by Crippen LogP contribution is 2.21. The van der Waals surface area contributed by atoms with Crippen LogP contribution in [0.15, 0.2) is 59.0 Å². The first kappa shape index (κ1) is 16.1. The average Bonchev–Trinajstić information content (AvgIpc) is 2.95. The molecule has 1 aromatic heterocycles. The third kappa shape index (κ3) is 3.74. The van der Waals surface area contributed by atoms with Crippen molar-refractivity contribution in [2.24, 2.45) is 0 Å². The number of hydrogen-bond acceptors (Lipinski definition) is 2. The third-order valence-corrected chi connectivity index (χ3v) is 3.94. The molecular weight excluding hydrogens is 298 g/mol. The van der Waals surface area contributed by atoms with Gasteiger partial charge in [-0.25, -0.2) is 0 Å². The van der Waals surface area contributed by atoms with Crippen molar-refractivity contribution in [3.8, 4) is 0 Å². The van der Waals surface area contributed by atoms with Crippen LogP contribution in [-0.2, 0) is 4.79 Å². The monoisotopic (exact) mass is 319 g/mol. The Morgan fingerprint density at radius 1 is 1.08 bits per heavy atom. The lowest BCUT2D eigenvalue weighted by molar-refractivity contribution is -0.111. The SMILES string of the molecule is Cc1ccc2cc(/C=C/C(=O)Nc3ccc(C(C)C)cc3)oc2c1. The van der Waals surface area contributed by atoms with Gasteiger partial charge in [-0.1, -0.05) is 38.1 Å². The van der Waals surface area contributed by atoms with E-state index >= 15 is 0 Å². The summed E-state index contributed by atoms with van der Waals surface area (Å²) in [7, 11) is 0. The van der Waals surface area contributed by atoms with E-state index in [0.717, 1.165) is 22.2 Å². The van der Waals surface area contributed by atoms with Gasteiger partial charge in [-0.3, -0.25) is 4.79 Å². The molecule has 3 rings (SSSR count). The Morgan fingerprint density at radius 2 is 1.83 bits per heavy atom. The largest absolute Gasteiger partial charge is 0.457 e. The van der Waals surface area contributed by atoms with Crippen LogP contribution in [0.4, 0.5) is 5.69 Å². The number of carbonyl (C=O) groups excluding carboxylic acids is 1. The molecule has 3 nitrogen and oxygen atoms in total. The second kappa shape index (κ2) is 6.75. The molecule has 0 atom stereocenters. The van der Waals surface area contributed by atoms with Crippen LogP contribution in [0.2, 0.25) is 0 Å². The van der Waals surface area contributed by atoms with E-state index in [2.05, 4.69) is 19.2 Å². The Labute approximate surface area is 142 Å². The number of rotatable bonds is 4. The second-order valence-corrected chi connectivity index (χ2v) is 6.29. The van der Waals surface area contributed by atoms with Gasteiger partial charge in [0.05, 0.1) is 0 Å². The number of carbonyl (C=O) groups is 1. The predicted molar refractivity (Wildman–Crippen MR) is 99.1 cm³/mol. The zero-order valence-corrected chi connectivity index (χ0v) is 14.2. The highest BCUT2D eigenvalue weighted by molar-refractivity contribution is 6.02. The molecule has 1 amide bonds. The summed E-state index contributed by atoms with van der Waals surface area (Å²) in [6.07, 6.45) is 3.17. The predicted octanol–water partition coefficient (Wildman–Crippen LogP) is 5.52. The van der Waals surface area contributed by atoms with E-state index in [4.69, 9.17) is 4.42 Å². The lowest BCUT2D eigenvalue weighted by Crippen LogP contribution is -2.07. The van der Waals surface area contributed by atoms with E-state index in [1.165, 1.54) is 11.6 Å². The molecular formula is C21H21NO2. The Morgan fingerprint density at radius 3 is 2.54 bits per heavy atom. The van der Waals surface area contributed by atoms with E-state index in [9.17, 15) is 4.79 Å². The number of aryl methyl sites for hydroxylation is 1. The molecule has 0 aliphatic heterocycles. The molecule has 0 saturated heterocycles. The minimum absolute atomic E-state index is 0.177. The molecule has 0 bridgehead atoms. The number of anilines is 1. The lowest BCUT2D eigenvalue weighted by atomic mass is 10.0. The molecule has 1 heterocycles. The number of amides is 1. The minimum Gasteiger partial charge on any atom is -0.457 e. The zero-order valence-electron chi connectivity index (χ0n) is 14.2. The highest BCUT2D eigenvalue weighted by Gasteiger charge is 2.03. The molecule has 0 aliphatic rings. The molecule has 0 fully saturated rings. The van der Waals surface area contributed by atoms with Gasteiger partial charge >= 0.3 is 0 Å². The Bertz CT molecular complexity index is 886. The molecule has 24 heavy (non-hydrogen) atoms. The van der Waals surface area contributed by atoms with Gasteiger partial charge in [-0.2, -0.15) is 0 Å². The molecule has 2 aromatic carbocycles. The van der Waals surface area contributed by atoms with Gasteiger partial charge in [0.2, 0.25) is 5.91 Å². The fourth-order valence-corrected chi connectivity index (χ4v) is 2.53. The first-order chi connectivity index (χ1) is 11.5. The number of fused-ring (bicyclic) bond motifs is 1. The maximum absolute atomic E-state index is 12.0. The Balaban J connectivity index is 1.67. The van der Waals surface area contributed by atoms with Crippen molar-refractivity contribution in [3.63, 3.8) is 0 Å². The lowest BCUT2D eigenvalue weighted by Gasteiger charge is -2.07. The van der Waals surface area contributed by atoms with Gasteiger partial charge in [0.15, 0.2) is 0 Å². The molecule has 0 spiro atoms. The van der Waals surface area contributed by atoms with Crippen LogP contribution in [-0.4, -0.2) is 5.91 Å². The van der Waals surface area contributed by atoms with Gasteiger partial charge in [-0.05, 0) is 54.3 Å². The molecule has 3 aromatic rings. The summed E-state index contributed by atoms with van der Waals surface area (Å²) in [6, 6.07) is 15.9. The fraction of sp³-hybridized carbons (Fsp3) is 0.190. The Hall–Kier alpha value is -2.81. The van der Waals surface area contributed by atoms with Crippen molar-refractivity contribution in [3.05, 3.63) is 71.5 Å². The average molecular weight is 319 g/mol. The van der Waals surface area contributed by atoms with E-state index in [0.29, 0.717) is 11.7 Å². The Kier molecular flexibility index (Phi) is 4.52. The van der Waals surface area contributed by atoms with Crippen LogP contribution in [0.1, 0.15) is 36.7 Å². The summed E-state index contributed by atoms with van der Waals surface area (Å²) in [4.78, 5) is 12.0. The quantitative estimate of drug-likeness (QED) is 0.644. The van der Waals surface area contributed by atoms with Crippen LogP contribution in [0, 0.1) is 6.92 Å². The summed E-state index contributed by atoms with van der Waals surface area (Å²) in [6.45, 7) is 6.31. The van der Waals surface area contributed by atoms with Crippen molar-refractivity contribution in [1.82, 2.24) is 0 Å². The zero-order chi connectivity index (χ0) is 17.1. The van der Waals surface area contributed by atoms with E-state index < -0.39 is 0 Å². The summed E-state index contributed by atoms with van der Waals surface area (Å²) in [5.41, 5.74) is 4.02. The van der Waals surface area contributed by atoms with Crippen LogP contribution < -0.4 is 5.32 Å². The summed E-state index contributed by atoms with van der Waals surface area (Å²) in [5, 5.41) is 3.89. The maximum atomic E-state index is 12.0. The number of nitrogens with one attached hydrogen (secondary N) is 1. The van der Waals surface area contributed by atoms with Crippen LogP contribution >= 0.6 is 0 Å². The van der Waals surface area contributed by atoms with Gasteiger partial charge in [0.1, 0.15) is 11.3 Å². The molecule has 1 N–H and O–H groups in total. The van der Waals surface area contributed by atoms with Crippen LogP contribution in [0.3, 0.4) is 0 Å². The molecule has 0 unspecified atom stereocenters.